The van der Waals surface area contributed by atoms with Gasteiger partial charge in [-0.3, -0.25) is 0 Å². The number of rotatable bonds is 15. The van der Waals surface area contributed by atoms with E-state index >= 15 is 0 Å². The Morgan fingerprint density at radius 2 is 1.37 bits per heavy atom. The minimum atomic E-state index is 0.695. The van der Waals surface area contributed by atoms with Crippen LogP contribution < -0.4 is 5.32 Å². The molecule has 0 spiro atoms. The molecule has 1 unspecified atom stereocenters. The second-order valence-electron chi connectivity index (χ2n) is 5.59. The summed E-state index contributed by atoms with van der Waals surface area (Å²) >= 11 is 0. The summed E-state index contributed by atoms with van der Waals surface area (Å²) in [6.45, 7) is 6.12. The molecule has 1 atom stereocenters. The molecule has 2 heteroatoms. The molecule has 0 aliphatic carbocycles. The third kappa shape index (κ3) is 14.1. The number of unbranched alkanes of at least 4 members (excludes halogenated alkanes) is 7. The van der Waals surface area contributed by atoms with Gasteiger partial charge < -0.3 is 10.1 Å². The second kappa shape index (κ2) is 16.0. The molecular weight excluding hydrogens is 234 g/mol. The van der Waals surface area contributed by atoms with Gasteiger partial charge in [0.15, 0.2) is 0 Å². The average Bonchev–Trinajstić information content (AvgIpc) is 2.44. The third-order valence-electron chi connectivity index (χ3n) is 3.86. The van der Waals surface area contributed by atoms with Crippen molar-refractivity contribution in [1.29, 1.82) is 0 Å². The largest absolute Gasteiger partial charge is 0.382 e. The van der Waals surface area contributed by atoms with Crippen molar-refractivity contribution in [3.8, 4) is 0 Å². The van der Waals surface area contributed by atoms with Crippen LogP contribution in [0.2, 0.25) is 0 Å². The fourth-order valence-electron chi connectivity index (χ4n) is 2.53. The highest BCUT2D eigenvalue weighted by atomic mass is 16.5. The van der Waals surface area contributed by atoms with E-state index in [1.54, 1.807) is 0 Å². The summed E-state index contributed by atoms with van der Waals surface area (Å²) in [4.78, 5) is 0. The first-order chi connectivity index (χ1) is 9.35. The van der Waals surface area contributed by atoms with Crippen LogP contribution in [-0.2, 0) is 4.74 Å². The van der Waals surface area contributed by atoms with Crippen LogP contribution in [0.4, 0.5) is 0 Å². The third-order valence-corrected chi connectivity index (χ3v) is 3.86. The predicted octanol–water partition coefficient (Wildman–Crippen LogP) is 4.92. The van der Waals surface area contributed by atoms with Crippen molar-refractivity contribution in [2.24, 2.45) is 0 Å². The molecule has 0 aromatic carbocycles. The maximum absolute atomic E-state index is 5.39. The lowest BCUT2D eigenvalue weighted by Crippen LogP contribution is -2.25. The quantitative estimate of drug-likeness (QED) is 0.427. The first-order valence-electron chi connectivity index (χ1n) is 8.60. The zero-order valence-electron chi connectivity index (χ0n) is 13.7. The molecule has 0 radical (unpaired) electrons. The van der Waals surface area contributed by atoms with Gasteiger partial charge in [0.05, 0.1) is 0 Å². The lowest BCUT2D eigenvalue weighted by atomic mass is 10.0. The molecular formula is C17H37NO. The first-order valence-corrected chi connectivity index (χ1v) is 8.60. The Morgan fingerprint density at radius 1 is 0.789 bits per heavy atom. The van der Waals surface area contributed by atoms with Gasteiger partial charge in [-0.25, -0.2) is 0 Å². The van der Waals surface area contributed by atoms with Gasteiger partial charge in [-0.1, -0.05) is 58.3 Å². The summed E-state index contributed by atoms with van der Waals surface area (Å²) in [5.74, 6) is 0. The van der Waals surface area contributed by atoms with E-state index in [9.17, 15) is 0 Å². The van der Waals surface area contributed by atoms with Crippen LogP contribution in [0.25, 0.3) is 0 Å². The van der Waals surface area contributed by atoms with Crippen molar-refractivity contribution >= 4 is 0 Å². The fraction of sp³-hybridized carbons (Fsp3) is 1.00. The average molecular weight is 271 g/mol. The molecule has 0 saturated carbocycles. The lowest BCUT2D eigenvalue weighted by molar-refractivity contribution is 0.140. The highest BCUT2D eigenvalue weighted by molar-refractivity contribution is 4.64. The van der Waals surface area contributed by atoms with Crippen LogP contribution in [0.5, 0.6) is 0 Å². The second-order valence-corrected chi connectivity index (χ2v) is 5.59. The molecule has 0 aliphatic heterocycles. The molecule has 0 saturated heterocycles. The fourth-order valence-corrected chi connectivity index (χ4v) is 2.53. The number of hydrogen-bond acceptors (Lipinski definition) is 2. The molecule has 0 amide bonds. The standard InChI is InChI=1S/C17H37NO/c1-4-6-7-8-9-10-11-12-14-17(18-3)15-13-16-19-5-2/h17-18H,4-16H2,1-3H3. The molecule has 0 rings (SSSR count). The Bertz CT molecular complexity index is 161. The van der Waals surface area contributed by atoms with Crippen molar-refractivity contribution in [1.82, 2.24) is 5.32 Å². The van der Waals surface area contributed by atoms with Crippen LogP contribution in [0.1, 0.15) is 84.5 Å². The zero-order chi connectivity index (χ0) is 14.2. The SMILES string of the molecule is CCCCCCCCCCC(CCCOCC)NC. The van der Waals surface area contributed by atoms with Crippen LogP contribution in [-0.4, -0.2) is 26.3 Å². The highest BCUT2D eigenvalue weighted by Gasteiger charge is 2.05. The summed E-state index contributed by atoms with van der Waals surface area (Å²) in [6.07, 6.45) is 15.1. The van der Waals surface area contributed by atoms with Crippen molar-refractivity contribution in [3.63, 3.8) is 0 Å². The molecule has 0 bridgehead atoms. The number of nitrogens with one attached hydrogen (secondary N) is 1. The maximum atomic E-state index is 5.39. The van der Waals surface area contributed by atoms with Crippen molar-refractivity contribution in [3.05, 3.63) is 0 Å². The van der Waals surface area contributed by atoms with Crippen LogP contribution >= 0.6 is 0 Å². The highest BCUT2D eigenvalue weighted by Crippen LogP contribution is 2.12. The van der Waals surface area contributed by atoms with E-state index in [1.807, 2.05) is 0 Å². The van der Waals surface area contributed by atoms with Crippen molar-refractivity contribution < 1.29 is 4.74 Å². The van der Waals surface area contributed by atoms with Gasteiger partial charge in [0, 0.05) is 19.3 Å². The van der Waals surface area contributed by atoms with Gasteiger partial charge in [0.25, 0.3) is 0 Å². The van der Waals surface area contributed by atoms with E-state index in [0.29, 0.717) is 6.04 Å². The monoisotopic (exact) mass is 271 g/mol. The topological polar surface area (TPSA) is 21.3 Å². The minimum Gasteiger partial charge on any atom is -0.382 e. The van der Waals surface area contributed by atoms with Crippen LogP contribution in [0.15, 0.2) is 0 Å². The Morgan fingerprint density at radius 3 is 1.95 bits per heavy atom. The van der Waals surface area contributed by atoms with Crippen LogP contribution in [0.3, 0.4) is 0 Å². The minimum absolute atomic E-state index is 0.695. The van der Waals surface area contributed by atoms with E-state index < -0.39 is 0 Å². The Balaban J connectivity index is 3.26. The lowest BCUT2D eigenvalue weighted by Gasteiger charge is -2.15. The van der Waals surface area contributed by atoms with Gasteiger partial charge in [-0.2, -0.15) is 0 Å². The summed E-state index contributed by atoms with van der Waals surface area (Å²) in [7, 11) is 2.09. The molecule has 19 heavy (non-hydrogen) atoms. The van der Waals surface area contributed by atoms with E-state index in [1.165, 1.54) is 70.6 Å². The van der Waals surface area contributed by atoms with Gasteiger partial charge in [0.1, 0.15) is 0 Å². The molecule has 116 valence electrons. The molecule has 0 heterocycles. The molecule has 0 aliphatic rings. The number of ether oxygens (including phenoxy) is 1. The Hall–Kier alpha value is -0.0800. The first kappa shape index (κ1) is 18.9. The van der Waals surface area contributed by atoms with E-state index in [0.717, 1.165) is 13.2 Å². The van der Waals surface area contributed by atoms with Crippen molar-refractivity contribution in [2.75, 3.05) is 20.3 Å². The molecule has 0 fully saturated rings. The zero-order valence-corrected chi connectivity index (χ0v) is 13.7. The van der Waals surface area contributed by atoms with Gasteiger partial charge in [0.2, 0.25) is 0 Å². The summed E-state index contributed by atoms with van der Waals surface area (Å²) in [6, 6.07) is 0.695. The Kier molecular flexibility index (Phi) is 15.9. The van der Waals surface area contributed by atoms with Gasteiger partial charge in [-0.15, -0.1) is 0 Å². The van der Waals surface area contributed by atoms with E-state index in [2.05, 4.69) is 26.2 Å². The van der Waals surface area contributed by atoms with Gasteiger partial charge >= 0.3 is 0 Å². The molecule has 2 nitrogen and oxygen atoms in total. The van der Waals surface area contributed by atoms with Gasteiger partial charge in [-0.05, 0) is 33.2 Å². The van der Waals surface area contributed by atoms with Crippen molar-refractivity contribution in [2.45, 2.75) is 90.5 Å². The van der Waals surface area contributed by atoms with Crippen LogP contribution in [0, 0.1) is 0 Å². The van der Waals surface area contributed by atoms with E-state index in [4.69, 9.17) is 4.74 Å². The molecule has 0 aromatic heterocycles. The van der Waals surface area contributed by atoms with E-state index in [-0.39, 0.29) is 0 Å². The number of hydrogen-bond donors (Lipinski definition) is 1. The molecule has 1 N–H and O–H groups in total. The Labute approximate surface area is 121 Å². The normalized spacial score (nSPS) is 12.8. The summed E-state index contributed by atoms with van der Waals surface area (Å²) in [5.41, 5.74) is 0. The summed E-state index contributed by atoms with van der Waals surface area (Å²) in [5, 5.41) is 3.44. The molecule has 0 aromatic rings. The predicted molar refractivity (Wildman–Crippen MR) is 85.8 cm³/mol. The summed E-state index contributed by atoms with van der Waals surface area (Å²) < 4.78 is 5.39. The smallest absolute Gasteiger partial charge is 0.0466 e. The maximum Gasteiger partial charge on any atom is 0.0466 e.